The minimum Gasteiger partial charge on any atom is -0.362 e. The molecule has 0 spiro atoms. The maximum atomic E-state index is 3.95. The van der Waals surface area contributed by atoms with Crippen LogP contribution >= 0.6 is 0 Å². The van der Waals surface area contributed by atoms with E-state index in [1.54, 1.807) is 0 Å². The van der Waals surface area contributed by atoms with Gasteiger partial charge >= 0.3 is 0 Å². The first-order chi connectivity index (χ1) is 13.6. The summed E-state index contributed by atoms with van der Waals surface area (Å²) in [6.07, 6.45) is 2.22. The predicted octanol–water partition coefficient (Wildman–Crippen LogP) is 5.83. The maximum absolute atomic E-state index is 3.95. The lowest BCUT2D eigenvalue weighted by Crippen LogP contribution is -2.64. The van der Waals surface area contributed by atoms with Crippen LogP contribution in [0, 0.1) is 6.92 Å². The zero-order valence-corrected chi connectivity index (χ0v) is 16.7. The Bertz CT molecular complexity index is 1070. The Balaban J connectivity index is 1.80. The number of rotatable bonds is 1. The van der Waals surface area contributed by atoms with E-state index < -0.39 is 0 Å². The smallest absolute Gasteiger partial charge is 0.119 e. The first-order valence-electron chi connectivity index (χ1n) is 10.1. The van der Waals surface area contributed by atoms with Crippen molar-refractivity contribution >= 4 is 11.4 Å². The van der Waals surface area contributed by atoms with Crippen molar-refractivity contribution < 1.29 is 0 Å². The van der Waals surface area contributed by atoms with Crippen molar-refractivity contribution in [2.24, 2.45) is 0 Å². The summed E-state index contributed by atoms with van der Waals surface area (Å²) in [5, 5.41) is 3.95. The summed E-state index contributed by atoms with van der Waals surface area (Å²) in [6, 6.07) is 26.5. The molecule has 2 heterocycles. The summed E-state index contributed by atoms with van der Waals surface area (Å²) >= 11 is 0. The summed E-state index contributed by atoms with van der Waals surface area (Å²) in [6.45, 7) is 7.61. The molecule has 0 bridgehead atoms. The van der Waals surface area contributed by atoms with Crippen molar-refractivity contribution in [2.45, 2.75) is 38.9 Å². The quantitative estimate of drug-likeness (QED) is 0.583. The number of aryl methyl sites for hydroxylation is 1. The number of fused-ring (bicyclic) bond motifs is 4. The number of allylic oxidation sites excluding steroid dienone is 1. The molecule has 0 fully saturated rings. The van der Waals surface area contributed by atoms with Gasteiger partial charge in [0.2, 0.25) is 0 Å². The van der Waals surface area contributed by atoms with E-state index in [1.807, 2.05) is 0 Å². The van der Waals surface area contributed by atoms with Gasteiger partial charge in [-0.3, -0.25) is 0 Å². The van der Waals surface area contributed by atoms with Crippen LogP contribution in [-0.2, 0) is 6.54 Å². The van der Waals surface area contributed by atoms with Gasteiger partial charge in [-0.05, 0) is 49.1 Å². The second-order valence-electron chi connectivity index (χ2n) is 8.07. The Hall–Kier alpha value is -3.00. The maximum Gasteiger partial charge on any atom is 0.119 e. The molecule has 2 aliphatic heterocycles. The Labute approximate surface area is 167 Å². The molecule has 0 saturated carbocycles. The summed E-state index contributed by atoms with van der Waals surface area (Å²) in [4.78, 5) is 2.57. The topological polar surface area (TPSA) is 15.3 Å². The summed E-state index contributed by atoms with van der Waals surface area (Å²) < 4.78 is 0. The molecule has 5 rings (SSSR count). The first kappa shape index (κ1) is 17.1. The zero-order valence-electron chi connectivity index (χ0n) is 16.7. The van der Waals surface area contributed by atoms with Gasteiger partial charge in [0.1, 0.15) is 5.66 Å². The molecule has 0 amide bonds. The fourth-order valence-electron chi connectivity index (χ4n) is 5.16. The van der Waals surface area contributed by atoms with Crippen molar-refractivity contribution in [1.29, 1.82) is 0 Å². The van der Waals surface area contributed by atoms with Gasteiger partial charge in [-0.15, -0.1) is 0 Å². The molecule has 2 aliphatic rings. The lowest BCUT2D eigenvalue weighted by Gasteiger charge is -2.56. The molecule has 0 aliphatic carbocycles. The largest absolute Gasteiger partial charge is 0.362 e. The highest BCUT2D eigenvalue weighted by Gasteiger charge is 2.49. The summed E-state index contributed by atoms with van der Waals surface area (Å²) in [5.74, 6) is 0.238. The molecule has 3 aromatic rings. The van der Waals surface area contributed by atoms with Gasteiger partial charge in [0, 0.05) is 23.5 Å². The third kappa shape index (κ3) is 2.34. The van der Waals surface area contributed by atoms with E-state index in [2.05, 4.69) is 110 Å². The minimum atomic E-state index is -0.238. The van der Waals surface area contributed by atoms with Crippen LogP contribution in [0.2, 0.25) is 0 Å². The molecule has 0 saturated heterocycles. The van der Waals surface area contributed by atoms with Crippen LogP contribution in [0.1, 0.15) is 47.6 Å². The monoisotopic (exact) mass is 366 g/mol. The summed E-state index contributed by atoms with van der Waals surface area (Å²) in [7, 11) is 0. The van der Waals surface area contributed by atoms with Crippen LogP contribution in [0.25, 0.3) is 5.70 Å². The minimum absolute atomic E-state index is 0.238. The number of nitrogens with one attached hydrogen (secondary N) is 1. The normalized spacial score (nSPS) is 24.2. The molecule has 140 valence electrons. The molecular weight excluding hydrogens is 340 g/mol. The van der Waals surface area contributed by atoms with Crippen molar-refractivity contribution in [3.8, 4) is 0 Å². The van der Waals surface area contributed by atoms with E-state index in [-0.39, 0.29) is 11.6 Å². The third-order valence-corrected chi connectivity index (χ3v) is 6.44. The lowest BCUT2D eigenvalue weighted by atomic mass is 9.73. The van der Waals surface area contributed by atoms with Gasteiger partial charge in [-0.1, -0.05) is 72.8 Å². The van der Waals surface area contributed by atoms with E-state index >= 15 is 0 Å². The Morgan fingerprint density at radius 3 is 2.50 bits per heavy atom. The van der Waals surface area contributed by atoms with Gasteiger partial charge < -0.3 is 10.2 Å². The molecule has 0 radical (unpaired) electrons. The average molecular weight is 367 g/mol. The Morgan fingerprint density at radius 2 is 1.71 bits per heavy atom. The van der Waals surface area contributed by atoms with Crippen molar-refractivity contribution in [1.82, 2.24) is 5.32 Å². The second-order valence-corrected chi connectivity index (χ2v) is 8.07. The van der Waals surface area contributed by atoms with Gasteiger partial charge in [0.25, 0.3) is 0 Å². The lowest BCUT2D eigenvalue weighted by molar-refractivity contribution is 0.313. The van der Waals surface area contributed by atoms with Gasteiger partial charge in [0.15, 0.2) is 0 Å². The van der Waals surface area contributed by atoms with E-state index in [9.17, 15) is 0 Å². The average Bonchev–Trinajstić information content (AvgIpc) is 2.72. The van der Waals surface area contributed by atoms with E-state index in [0.717, 1.165) is 6.54 Å². The van der Waals surface area contributed by atoms with Crippen molar-refractivity contribution in [2.75, 3.05) is 4.90 Å². The number of nitrogens with zero attached hydrogens (tertiary/aromatic N) is 1. The predicted molar refractivity (Wildman–Crippen MR) is 117 cm³/mol. The van der Waals surface area contributed by atoms with Crippen molar-refractivity contribution in [3.63, 3.8) is 0 Å². The van der Waals surface area contributed by atoms with Crippen LogP contribution in [0.4, 0.5) is 5.69 Å². The standard InChI is InChI=1S/C26H26N2/c1-4-22-24-18(2)11-10-16-23(24)28-17-20-14-8-9-15-21(20)25(26(28,3)27-22)19-12-6-5-7-13-19/h4-16,25,27H,17H2,1-3H3/b22-4+/t25-,26-/m0/s1. The highest BCUT2D eigenvalue weighted by atomic mass is 15.4. The molecule has 0 unspecified atom stereocenters. The van der Waals surface area contributed by atoms with Gasteiger partial charge in [-0.2, -0.15) is 0 Å². The molecule has 2 heteroatoms. The van der Waals surface area contributed by atoms with Crippen LogP contribution in [0.3, 0.4) is 0 Å². The van der Waals surface area contributed by atoms with Crippen molar-refractivity contribution in [3.05, 3.63) is 107 Å². The molecule has 0 aromatic heterocycles. The molecule has 3 aromatic carbocycles. The SMILES string of the molecule is C/C=C1/N[C@]2(C)[C@@H](c3ccccc3)c3ccccc3CN2c2cccc(C)c21. The van der Waals surface area contributed by atoms with Crippen LogP contribution in [-0.4, -0.2) is 5.66 Å². The number of hydrogen-bond acceptors (Lipinski definition) is 2. The van der Waals surface area contributed by atoms with Crippen LogP contribution in [0.5, 0.6) is 0 Å². The Kier molecular flexibility index (Phi) is 3.83. The highest BCUT2D eigenvalue weighted by molar-refractivity contribution is 5.83. The van der Waals surface area contributed by atoms with Gasteiger partial charge in [-0.25, -0.2) is 0 Å². The van der Waals surface area contributed by atoms with Gasteiger partial charge in [0.05, 0.1) is 5.92 Å². The molecule has 28 heavy (non-hydrogen) atoms. The molecule has 2 atom stereocenters. The zero-order chi connectivity index (χ0) is 19.3. The van der Waals surface area contributed by atoms with E-state index in [4.69, 9.17) is 0 Å². The Morgan fingerprint density at radius 1 is 0.964 bits per heavy atom. The molecule has 2 nitrogen and oxygen atoms in total. The molecular formula is C26H26N2. The fraction of sp³-hybridized carbons (Fsp3) is 0.231. The van der Waals surface area contributed by atoms with Crippen LogP contribution in [0.15, 0.2) is 78.9 Å². The van der Waals surface area contributed by atoms with E-state index in [0.29, 0.717) is 0 Å². The molecule has 1 N–H and O–H groups in total. The van der Waals surface area contributed by atoms with E-state index in [1.165, 1.54) is 39.2 Å². The number of hydrogen-bond donors (Lipinski definition) is 1. The number of anilines is 1. The highest BCUT2D eigenvalue weighted by Crippen LogP contribution is 2.50. The summed E-state index contributed by atoms with van der Waals surface area (Å²) in [5.41, 5.74) is 9.14. The fourth-order valence-corrected chi connectivity index (χ4v) is 5.16. The first-order valence-corrected chi connectivity index (χ1v) is 10.1. The number of benzene rings is 3. The third-order valence-electron chi connectivity index (χ3n) is 6.44. The second kappa shape index (κ2) is 6.27. The van der Waals surface area contributed by atoms with Crippen LogP contribution < -0.4 is 10.2 Å².